The van der Waals surface area contributed by atoms with Crippen molar-refractivity contribution in [3.05, 3.63) is 0 Å². The molecule has 0 aromatic carbocycles. The van der Waals surface area contributed by atoms with Crippen LogP contribution in [-0.2, 0) is 0 Å². The second kappa shape index (κ2) is 35.4. The lowest BCUT2D eigenvalue weighted by atomic mass is 9.44. The minimum absolute atomic E-state index is 0.0156. The van der Waals surface area contributed by atoms with Crippen molar-refractivity contribution in [2.45, 2.75) is 526 Å². The van der Waals surface area contributed by atoms with Crippen LogP contribution in [0.25, 0.3) is 0 Å². The van der Waals surface area contributed by atoms with Gasteiger partial charge in [0, 0.05) is 18.1 Å². The second-order valence-electron chi connectivity index (χ2n) is 57.5. The van der Waals surface area contributed by atoms with E-state index in [1.165, 1.54) is 225 Å². The molecule has 0 amide bonds. The zero-order valence-corrected chi connectivity index (χ0v) is 84.9. The molecular formula is C120H207N3O. The Labute approximate surface area is 768 Å². The summed E-state index contributed by atoms with van der Waals surface area (Å²) in [5.74, 6) is 27.8. The fourth-order valence-electron chi connectivity index (χ4n) is 45.4. The molecule has 24 saturated carbocycles. The van der Waals surface area contributed by atoms with Gasteiger partial charge in [0.2, 0.25) is 0 Å². The SMILES string of the molecule is CCC[C@H]1CC[C@@]2(C)[C@@H](CC[C@H]3[C@@H]4CCC[C@@]4(C)CC[C@@H]32)C1.CC[C@H]1CC[C@@]2(C)[C@@H](CC[C@H]3[C@@H]4CCC[C@@]4(C)CC[C@@H]32)C1.C[C@@]12CCC[C@H]1[C@@H]1CC[C@H]3C(N)CCC[C@]3(C)[C@H]1CC2.C[C@@]12CCC[C@H]1[C@@H]1CC[C@H]3CC(O)C(N)C[C@]3(C)[C@H]1CC2.C[C@@]12CCC[C@H]1[C@@H]1CC[C@H]3CCC(N)C[C@]3(C)[C@H]1CC2.C[C@H]1CC[C@@]2(C)[C@@H](CC[C@H]3[C@@H]4CCC[C@@]4(C)CC[C@@H]32)C1. The molecule has 0 saturated heterocycles. The molecule has 708 valence electrons. The van der Waals surface area contributed by atoms with Crippen LogP contribution >= 0.6 is 0 Å². The third-order valence-corrected chi connectivity index (χ3v) is 52.6. The Kier molecular flexibility index (Phi) is 26.5. The highest BCUT2D eigenvalue weighted by molar-refractivity contribution is 5.16. The van der Waals surface area contributed by atoms with Gasteiger partial charge >= 0.3 is 0 Å². The van der Waals surface area contributed by atoms with Crippen molar-refractivity contribution in [3.8, 4) is 0 Å². The molecular weight excluding hydrogens is 1500 g/mol. The Balaban J connectivity index is 0.0000000976. The van der Waals surface area contributed by atoms with Crippen molar-refractivity contribution in [3.63, 3.8) is 0 Å². The van der Waals surface area contributed by atoms with Crippen LogP contribution in [-0.4, -0.2) is 29.3 Å². The highest BCUT2D eigenvalue weighted by Gasteiger charge is 2.66. The Hall–Kier alpha value is -0.160. The minimum atomic E-state index is -0.250. The third kappa shape index (κ3) is 16.1. The summed E-state index contributed by atoms with van der Waals surface area (Å²) in [5.41, 5.74) is 27.2. The maximum absolute atomic E-state index is 10.2. The molecule has 124 heavy (non-hydrogen) atoms. The summed E-state index contributed by atoms with van der Waals surface area (Å²) in [6, 6.07) is 1.01. The van der Waals surface area contributed by atoms with Gasteiger partial charge in [-0.25, -0.2) is 0 Å². The topological polar surface area (TPSA) is 98.3 Å². The number of fused-ring (bicyclic) bond motifs is 30. The molecule has 0 aromatic heterocycles. The predicted octanol–water partition coefficient (Wildman–Crippen LogP) is 32.5. The molecule has 24 aliphatic carbocycles. The Morgan fingerprint density at radius 3 is 0.952 bits per heavy atom. The molecule has 4 heteroatoms. The predicted molar refractivity (Wildman–Crippen MR) is 525 cm³/mol. The van der Waals surface area contributed by atoms with Gasteiger partial charge in [0.05, 0.1) is 6.10 Å². The Morgan fingerprint density at radius 1 is 0.242 bits per heavy atom. The number of rotatable bonds is 3. The summed E-state index contributed by atoms with van der Waals surface area (Å²) in [7, 11) is 0. The van der Waals surface area contributed by atoms with Crippen LogP contribution in [0.5, 0.6) is 0 Å². The average Bonchev–Trinajstić information content (AvgIpc) is 1.47. The molecule has 7 N–H and O–H groups in total. The van der Waals surface area contributed by atoms with Gasteiger partial charge in [-0.3, -0.25) is 0 Å². The van der Waals surface area contributed by atoms with E-state index in [4.69, 9.17) is 17.2 Å². The largest absolute Gasteiger partial charge is 0.392 e. The first-order valence-corrected chi connectivity index (χ1v) is 58.1. The zero-order valence-electron chi connectivity index (χ0n) is 84.9. The number of aliphatic hydroxyl groups excluding tert-OH is 1. The molecule has 24 rings (SSSR count). The van der Waals surface area contributed by atoms with Gasteiger partial charge in [-0.15, -0.1) is 0 Å². The first-order chi connectivity index (χ1) is 59.2. The highest BCUT2D eigenvalue weighted by Crippen LogP contribution is 2.75. The van der Waals surface area contributed by atoms with Gasteiger partial charge in [0.1, 0.15) is 0 Å². The average molecular weight is 1710 g/mol. The lowest BCUT2D eigenvalue weighted by molar-refractivity contribution is -0.126. The van der Waals surface area contributed by atoms with Crippen molar-refractivity contribution in [2.75, 3.05) is 0 Å². The van der Waals surface area contributed by atoms with Crippen LogP contribution in [0.3, 0.4) is 0 Å². The molecule has 0 bridgehead atoms. The fraction of sp³-hybridized carbons (Fsp3) is 1.00. The summed E-state index contributed by atoms with van der Waals surface area (Å²) < 4.78 is 0. The lowest BCUT2D eigenvalue weighted by Crippen LogP contribution is -2.57. The first-order valence-electron chi connectivity index (χ1n) is 58.1. The Bertz CT molecular complexity index is 3540. The van der Waals surface area contributed by atoms with Crippen LogP contribution in [0.15, 0.2) is 0 Å². The van der Waals surface area contributed by atoms with E-state index in [-0.39, 0.29) is 12.1 Å². The van der Waals surface area contributed by atoms with E-state index in [1.54, 1.807) is 161 Å². The number of hydrogen-bond donors (Lipinski definition) is 4. The van der Waals surface area contributed by atoms with Crippen molar-refractivity contribution < 1.29 is 5.11 Å². The van der Waals surface area contributed by atoms with Gasteiger partial charge in [-0.1, -0.05) is 174 Å². The zero-order chi connectivity index (χ0) is 86.7. The quantitative estimate of drug-likeness (QED) is 0.226. The molecule has 0 radical (unpaired) electrons. The summed E-state index contributed by atoms with van der Waals surface area (Å²) in [6.07, 6.45) is 92.2. The van der Waals surface area contributed by atoms with Crippen LogP contribution < -0.4 is 17.2 Å². The molecule has 24 fully saturated rings. The van der Waals surface area contributed by atoms with Crippen molar-refractivity contribution in [1.29, 1.82) is 0 Å². The smallest absolute Gasteiger partial charge is 0.0694 e. The lowest BCUT2D eigenvalue weighted by Gasteiger charge is -2.61. The summed E-state index contributed by atoms with van der Waals surface area (Å²) >= 11 is 0. The molecule has 24 aliphatic rings. The van der Waals surface area contributed by atoms with E-state index in [0.717, 1.165) is 205 Å². The van der Waals surface area contributed by atoms with E-state index in [0.29, 0.717) is 44.6 Å². The molecule has 0 aliphatic heterocycles. The minimum Gasteiger partial charge on any atom is -0.392 e. The van der Waals surface area contributed by atoms with Crippen molar-refractivity contribution in [2.24, 2.45) is 242 Å². The summed E-state index contributed by atoms with van der Waals surface area (Å²) in [6.45, 7) is 39.0. The maximum Gasteiger partial charge on any atom is 0.0694 e. The maximum atomic E-state index is 10.2. The molecule has 0 aromatic rings. The van der Waals surface area contributed by atoms with Gasteiger partial charge in [-0.05, 0) is 552 Å². The fourth-order valence-corrected chi connectivity index (χ4v) is 45.4. The van der Waals surface area contributed by atoms with Crippen molar-refractivity contribution in [1.82, 2.24) is 0 Å². The van der Waals surface area contributed by atoms with Crippen LogP contribution in [0.4, 0.5) is 0 Å². The van der Waals surface area contributed by atoms with Crippen LogP contribution in [0, 0.1) is 225 Å². The number of nitrogens with two attached hydrogens (primary N) is 3. The second-order valence-corrected chi connectivity index (χ2v) is 57.5. The van der Waals surface area contributed by atoms with E-state index in [9.17, 15) is 5.11 Å². The molecule has 0 heterocycles. The monoisotopic (exact) mass is 1710 g/mol. The summed E-state index contributed by atoms with van der Waals surface area (Å²) in [5, 5.41) is 10.2. The van der Waals surface area contributed by atoms with Gasteiger partial charge < -0.3 is 22.3 Å². The van der Waals surface area contributed by atoms with E-state index >= 15 is 0 Å². The third-order valence-electron chi connectivity index (χ3n) is 52.6. The number of aliphatic hydroxyl groups is 1. The first kappa shape index (κ1) is 92.9. The normalized spacial score (nSPS) is 57.8. The highest BCUT2D eigenvalue weighted by atomic mass is 16.3. The molecule has 43 atom stereocenters. The summed E-state index contributed by atoms with van der Waals surface area (Å²) in [4.78, 5) is 0. The van der Waals surface area contributed by atoms with E-state index in [1.807, 2.05) is 0 Å². The molecule has 4 unspecified atom stereocenters. The van der Waals surface area contributed by atoms with Crippen LogP contribution in [0.1, 0.15) is 502 Å². The standard InChI is InChI=1S/C22H38.C21H36.C20H34.C19H33NO.2C19H33N/c1-4-6-16-10-14-22(3)17(15-16)8-9-18-19-7-5-12-21(19,2)13-11-20(18)22;1-4-15-9-13-21(3)16(14-15)7-8-17-18-6-5-11-20(18,2)12-10-19(17)21;1-14-8-12-20(3)15(13-14)6-7-16-17-5-4-10-19(17,2)11-9-18(16)20;1-18-8-3-4-14(18)13-6-5-12-10-17(21)16(20)11-19(12,2)15(13)7-9-18;1-18-10-3-5-14(18)13-7-8-16-17(20)6-4-11-19(16,2)15(13)9-12-18;1-18-10-3-4-16(18)15-8-6-13-5-7-14(20)12-19(13,2)17(15)9-11-18/h16-20H,4-15H2,1-3H3;15-19H,4-14H2,1-3H3;14-18H,4-13H2,1-3H3;12-17,21H,3-11,20H2,1-2H3;2*13-17H,3-12,20H2,1-2H3/t16-,17-,18-,19-,20-,21-,22-;15-,16-,17-,18-,19-,20-,21-;14-,15-,16-,17-,18-,19-,20-;12-,13-,14-,15-,16?,17?,18-,19-;13-,14-,15-,16-,17?,18-,19+;13-,14?,15+,16+,17+,18+,19+/m000001/s1. The molecule has 0 spiro atoms. The Morgan fingerprint density at radius 2 is 0.556 bits per heavy atom. The van der Waals surface area contributed by atoms with Crippen LogP contribution in [0.2, 0.25) is 0 Å². The van der Waals surface area contributed by atoms with Gasteiger partial charge in [-0.2, -0.15) is 0 Å². The number of hydrogen-bond acceptors (Lipinski definition) is 4. The molecule has 4 nitrogen and oxygen atoms in total. The van der Waals surface area contributed by atoms with Gasteiger partial charge in [0.15, 0.2) is 0 Å². The van der Waals surface area contributed by atoms with Crippen molar-refractivity contribution >= 4 is 0 Å². The van der Waals surface area contributed by atoms with E-state index < -0.39 is 0 Å². The van der Waals surface area contributed by atoms with Gasteiger partial charge in [0.25, 0.3) is 0 Å². The van der Waals surface area contributed by atoms with E-state index in [2.05, 4.69) is 104 Å².